The molecule has 0 bridgehead atoms. The summed E-state index contributed by atoms with van der Waals surface area (Å²) >= 11 is 5.16. The third-order valence-corrected chi connectivity index (χ3v) is 3.02. The molecule has 0 aliphatic carbocycles. The van der Waals surface area contributed by atoms with Crippen LogP contribution in [0.4, 0.5) is 14.5 Å². The summed E-state index contributed by atoms with van der Waals surface area (Å²) in [6.07, 6.45) is 0. The quantitative estimate of drug-likeness (QED) is 0.836. The molecule has 1 atom stereocenters. The van der Waals surface area contributed by atoms with E-state index in [4.69, 9.17) is 12.2 Å². The molecule has 5 heteroatoms. The van der Waals surface area contributed by atoms with Gasteiger partial charge in [0.2, 0.25) is 0 Å². The molecular weight excluding hydrogens is 278 g/mol. The van der Waals surface area contributed by atoms with Crippen LogP contribution in [-0.4, -0.2) is 5.11 Å². The maximum atomic E-state index is 13.0. The average Bonchev–Trinajstić information content (AvgIpc) is 2.39. The van der Waals surface area contributed by atoms with E-state index in [2.05, 4.69) is 10.6 Å². The molecule has 20 heavy (non-hydrogen) atoms. The van der Waals surface area contributed by atoms with Gasteiger partial charge < -0.3 is 10.6 Å². The molecule has 2 rings (SSSR count). The van der Waals surface area contributed by atoms with Crippen LogP contribution in [0.25, 0.3) is 0 Å². The molecule has 0 saturated carbocycles. The number of halogens is 2. The lowest BCUT2D eigenvalue weighted by atomic mass is 10.1. The third-order valence-electron chi connectivity index (χ3n) is 2.80. The van der Waals surface area contributed by atoms with Gasteiger partial charge in [-0.3, -0.25) is 0 Å². The van der Waals surface area contributed by atoms with Crippen molar-refractivity contribution in [2.45, 2.75) is 13.0 Å². The third kappa shape index (κ3) is 3.99. The minimum atomic E-state index is -0.329. The Labute approximate surface area is 121 Å². The summed E-state index contributed by atoms with van der Waals surface area (Å²) in [5, 5.41) is 6.34. The predicted octanol–water partition coefficient (Wildman–Crippen LogP) is 4.01. The van der Waals surface area contributed by atoms with Crippen molar-refractivity contribution < 1.29 is 8.78 Å². The first-order valence-electron chi connectivity index (χ1n) is 6.13. The summed E-state index contributed by atoms with van der Waals surface area (Å²) in [6.45, 7) is 1.91. The molecule has 0 saturated heterocycles. The topological polar surface area (TPSA) is 24.1 Å². The Bertz CT molecular complexity index is 599. The average molecular weight is 292 g/mol. The van der Waals surface area contributed by atoms with Gasteiger partial charge in [0.1, 0.15) is 11.6 Å². The van der Waals surface area contributed by atoms with Crippen LogP contribution >= 0.6 is 12.2 Å². The summed E-state index contributed by atoms with van der Waals surface area (Å²) < 4.78 is 25.9. The van der Waals surface area contributed by atoms with E-state index in [-0.39, 0.29) is 17.7 Å². The van der Waals surface area contributed by atoms with Crippen LogP contribution in [0.2, 0.25) is 0 Å². The number of hydrogen-bond donors (Lipinski definition) is 2. The Kier molecular flexibility index (Phi) is 4.63. The molecule has 104 valence electrons. The van der Waals surface area contributed by atoms with Crippen LogP contribution in [0.15, 0.2) is 48.5 Å². The standard InChI is InChI=1S/C15H14F2N2S/c1-10(11-5-7-12(16)8-6-11)18-15(20)19-14-4-2-3-13(17)9-14/h2-10H,1H3,(H2,18,19,20)/t10-/m0/s1. The zero-order valence-electron chi connectivity index (χ0n) is 10.9. The zero-order chi connectivity index (χ0) is 14.5. The van der Waals surface area contributed by atoms with E-state index in [1.54, 1.807) is 24.3 Å². The predicted molar refractivity (Wildman–Crippen MR) is 80.6 cm³/mol. The van der Waals surface area contributed by atoms with Gasteiger partial charge in [-0.05, 0) is 55.0 Å². The summed E-state index contributed by atoms with van der Waals surface area (Å²) in [6, 6.07) is 12.1. The van der Waals surface area contributed by atoms with Crippen molar-refractivity contribution in [1.82, 2.24) is 5.32 Å². The molecule has 2 aromatic carbocycles. The van der Waals surface area contributed by atoms with Gasteiger partial charge in [0.05, 0.1) is 6.04 Å². The number of hydrogen-bond acceptors (Lipinski definition) is 1. The molecule has 0 spiro atoms. The number of benzene rings is 2. The fraction of sp³-hybridized carbons (Fsp3) is 0.133. The van der Waals surface area contributed by atoms with E-state index < -0.39 is 0 Å². The van der Waals surface area contributed by atoms with Gasteiger partial charge in [-0.25, -0.2) is 8.78 Å². The second-order valence-corrected chi connectivity index (χ2v) is 4.79. The molecule has 0 heterocycles. The molecule has 2 nitrogen and oxygen atoms in total. The van der Waals surface area contributed by atoms with Gasteiger partial charge in [0.25, 0.3) is 0 Å². The van der Waals surface area contributed by atoms with Crippen molar-refractivity contribution in [3.05, 3.63) is 65.7 Å². The number of nitrogens with one attached hydrogen (secondary N) is 2. The van der Waals surface area contributed by atoms with Crippen molar-refractivity contribution >= 4 is 23.0 Å². The molecule has 0 unspecified atom stereocenters. The summed E-state index contributed by atoms with van der Waals surface area (Å²) in [5.74, 6) is -0.606. The Morgan fingerprint density at radius 3 is 2.40 bits per heavy atom. The molecule has 0 aromatic heterocycles. The van der Waals surface area contributed by atoms with E-state index in [1.165, 1.54) is 24.3 Å². The Balaban J connectivity index is 1.95. The van der Waals surface area contributed by atoms with Gasteiger partial charge >= 0.3 is 0 Å². The minimum Gasteiger partial charge on any atom is -0.356 e. The second-order valence-electron chi connectivity index (χ2n) is 4.38. The monoisotopic (exact) mass is 292 g/mol. The lowest BCUT2D eigenvalue weighted by Crippen LogP contribution is -2.30. The van der Waals surface area contributed by atoms with Crippen LogP contribution in [0.1, 0.15) is 18.5 Å². The van der Waals surface area contributed by atoms with E-state index in [1.807, 2.05) is 6.92 Å². The summed E-state index contributed by atoms with van der Waals surface area (Å²) in [4.78, 5) is 0. The van der Waals surface area contributed by atoms with E-state index in [9.17, 15) is 8.78 Å². The molecule has 2 N–H and O–H groups in total. The molecule has 0 aliphatic heterocycles. The second kappa shape index (κ2) is 6.43. The highest BCUT2D eigenvalue weighted by Gasteiger charge is 2.07. The van der Waals surface area contributed by atoms with Gasteiger partial charge in [0.15, 0.2) is 5.11 Å². The van der Waals surface area contributed by atoms with E-state index in [0.717, 1.165) is 5.56 Å². The van der Waals surface area contributed by atoms with Gasteiger partial charge in [0, 0.05) is 5.69 Å². The normalized spacial score (nSPS) is 11.8. The molecule has 0 fully saturated rings. The summed E-state index contributed by atoms with van der Waals surface area (Å²) in [7, 11) is 0. The SMILES string of the molecule is C[C@H](NC(=S)Nc1cccc(F)c1)c1ccc(F)cc1. The first-order chi connectivity index (χ1) is 9.54. The largest absolute Gasteiger partial charge is 0.356 e. The number of anilines is 1. The molecule has 0 aliphatic rings. The summed E-state index contributed by atoms with van der Waals surface area (Å²) in [5.41, 5.74) is 1.49. The van der Waals surface area contributed by atoms with E-state index in [0.29, 0.717) is 10.8 Å². The Morgan fingerprint density at radius 1 is 1.05 bits per heavy atom. The van der Waals surface area contributed by atoms with Gasteiger partial charge in [-0.1, -0.05) is 18.2 Å². The Morgan fingerprint density at radius 2 is 1.75 bits per heavy atom. The van der Waals surface area contributed by atoms with Crippen molar-refractivity contribution in [2.24, 2.45) is 0 Å². The first kappa shape index (κ1) is 14.4. The fourth-order valence-corrected chi connectivity index (χ4v) is 2.06. The van der Waals surface area contributed by atoms with Crippen LogP contribution in [-0.2, 0) is 0 Å². The van der Waals surface area contributed by atoms with Crippen LogP contribution in [0.3, 0.4) is 0 Å². The Hall–Kier alpha value is -2.01. The van der Waals surface area contributed by atoms with Crippen LogP contribution < -0.4 is 10.6 Å². The number of thiocarbonyl (C=S) groups is 1. The smallest absolute Gasteiger partial charge is 0.171 e. The minimum absolute atomic E-state index is 0.0795. The lowest BCUT2D eigenvalue weighted by molar-refractivity contribution is 0.624. The maximum Gasteiger partial charge on any atom is 0.171 e. The van der Waals surface area contributed by atoms with Crippen LogP contribution in [0.5, 0.6) is 0 Å². The maximum absolute atomic E-state index is 13.0. The van der Waals surface area contributed by atoms with Crippen molar-refractivity contribution in [3.63, 3.8) is 0 Å². The molecular formula is C15H14F2N2S. The van der Waals surface area contributed by atoms with Gasteiger partial charge in [-0.15, -0.1) is 0 Å². The van der Waals surface area contributed by atoms with E-state index >= 15 is 0 Å². The van der Waals surface area contributed by atoms with Crippen LogP contribution in [0, 0.1) is 11.6 Å². The van der Waals surface area contributed by atoms with Crippen molar-refractivity contribution in [3.8, 4) is 0 Å². The molecule has 0 amide bonds. The zero-order valence-corrected chi connectivity index (χ0v) is 11.7. The van der Waals surface area contributed by atoms with Gasteiger partial charge in [-0.2, -0.15) is 0 Å². The number of rotatable bonds is 3. The van der Waals surface area contributed by atoms with Crippen molar-refractivity contribution in [1.29, 1.82) is 0 Å². The lowest BCUT2D eigenvalue weighted by Gasteiger charge is -2.17. The molecule has 0 radical (unpaired) electrons. The highest BCUT2D eigenvalue weighted by atomic mass is 32.1. The first-order valence-corrected chi connectivity index (χ1v) is 6.54. The highest BCUT2D eigenvalue weighted by molar-refractivity contribution is 7.80. The fourth-order valence-electron chi connectivity index (χ4n) is 1.76. The van der Waals surface area contributed by atoms with Crippen molar-refractivity contribution in [2.75, 3.05) is 5.32 Å². The molecule has 2 aromatic rings. The highest BCUT2D eigenvalue weighted by Crippen LogP contribution is 2.14.